The molecule has 0 atom stereocenters. The van der Waals surface area contributed by atoms with E-state index in [2.05, 4.69) is 10.3 Å². The van der Waals surface area contributed by atoms with Crippen molar-refractivity contribution in [1.29, 1.82) is 0 Å². The van der Waals surface area contributed by atoms with E-state index in [0.29, 0.717) is 5.02 Å². The number of phenolic OH excluding ortho intramolecular Hbond substituents is 1. The molecule has 0 aliphatic heterocycles. The third kappa shape index (κ3) is 2.54. The zero-order chi connectivity index (χ0) is 12.3. The Labute approximate surface area is 103 Å². The van der Waals surface area contributed by atoms with Crippen LogP contribution in [0.15, 0.2) is 42.6 Å². The minimum Gasteiger partial charge on any atom is -0.507 e. The lowest BCUT2D eigenvalue weighted by atomic mass is 10.2. The third-order valence-electron chi connectivity index (χ3n) is 2.14. The molecule has 0 aliphatic rings. The quantitative estimate of drug-likeness (QED) is 0.859. The standard InChI is InChI=1S/C12H9ClN2O2/c13-9-5-3-7-14-11(9)15-12(17)8-4-1-2-6-10(8)16/h1-7,16H,(H,14,15,17). The Hall–Kier alpha value is -2.07. The summed E-state index contributed by atoms with van der Waals surface area (Å²) in [4.78, 5) is 15.7. The van der Waals surface area contributed by atoms with Crippen LogP contribution in [0.2, 0.25) is 5.02 Å². The number of carbonyl (C=O) groups excluding carboxylic acids is 1. The molecule has 0 aliphatic carbocycles. The lowest BCUT2D eigenvalue weighted by molar-refractivity contribution is 0.102. The van der Waals surface area contributed by atoms with Crippen LogP contribution in [0.4, 0.5) is 5.82 Å². The number of hydrogen-bond acceptors (Lipinski definition) is 3. The van der Waals surface area contributed by atoms with Gasteiger partial charge in [-0.25, -0.2) is 4.98 Å². The molecule has 4 nitrogen and oxygen atoms in total. The van der Waals surface area contributed by atoms with E-state index in [1.807, 2.05) is 0 Å². The number of aromatic hydroxyl groups is 1. The van der Waals surface area contributed by atoms with Crippen LogP contribution in [0.25, 0.3) is 0 Å². The number of pyridine rings is 1. The van der Waals surface area contributed by atoms with Gasteiger partial charge in [-0.05, 0) is 24.3 Å². The maximum absolute atomic E-state index is 11.8. The highest BCUT2D eigenvalue weighted by atomic mass is 35.5. The molecule has 1 amide bonds. The van der Waals surface area contributed by atoms with Crippen molar-refractivity contribution in [2.45, 2.75) is 0 Å². The fourth-order valence-electron chi connectivity index (χ4n) is 1.32. The molecule has 1 aromatic carbocycles. The molecule has 0 radical (unpaired) electrons. The second-order valence-electron chi connectivity index (χ2n) is 3.31. The summed E-state index contributed by atoms with van der Waals surface area (Å²) in [5.41, 5.74) is 0.175. The third-order valence-corrected chi connectivity index (χ3v) is 2.44. The first-order chi connectivity index (χ1) is 8.18. The number of benzene rings is 1. The van der Waals surface area contributed by atoms with E-state index in [9.17, 15) is 9.90 Å². The summed E-state index contributed by atoms with van der Waals surface area (Å²) in [7, 11) is 0. The van der Waals surface area contributed by atoms with Crippen molar-refractivity contribution in [2.24, 2.45) is 0 Å². The molecule has 1 aromatic heterocycles. The number of nitrogens with one attached hydrogen (secondary N) is 1. The summed E-state index contributed by atoms with van der Waals surface area (Å²) in [6, 6.07) is 9.54. The van der Waals surface area contributed by atoms with Crippen LogP contribution in [-0.2, 0) is 0 Å². The Morgan fingerprint density at radius 1 is 1.24 bits per heavy atom. The second kappa shape index (κ2) is 4.84. The van der Waals surface area contributed by atoms with Crippen molar-refractivity contribution < 1.29 is 9.90 Å². The van der Waals surface area contributed by atoms with Crippen LogP contribution < -0.4 is 5.32 Å². The van der Waals surface area contributed by atoms with Gasteiger partial charge in [-0.1, -0.05) is 23.7 Å². The lowest BCUT2D eigenvalue weighted by Crippen LogP contribution is -2.13. The summed E-state index contributed by atoms with van der Waals surface area (Å²) in [5.74, 6) is -0.275. The minimum atomic E-state index is -0.455. The highest BCUT2D eigenvalue weighted by molar-refractivity contribution is 6.33. The van der Waals surface area contributed by atoms with Gasteiger partial charge in [0, 0.05) is 6.20 Å². The van der Waals surface area contributed by atoms with Crippen LogP contribution in [0.1, 0.15) is 10.4 Å². The summed E-state index contributed by atoms with van der Waals surface area (Å²) in [6.45, 7) is 0. The van der Waals surface area contributed by atoms with Gasteiger partial charge in [-0.15, -0.1) is 0 Å². The molecule has 0 saturated carbocycles. The highest BCUT2D eigenvalue weighted by Crippen LogP contribution is 2.21. The van der Waals surface area contributed by atoms with Crippen LogP contribution >= 0.6 is 11.6 Å². The van der Waals surface area contributed by atoms with Crippen LogP contribution in [0, 0.1) is 0 Å². The van der Waals surface area contributed by atoms with Crippen molar-refractivity contribution in [3.05, 3.63) is 53.2 Å². The fraction of sp³-hybridized carbons (Fsp3) is 0. The second-order valence-corrected chi connectivity index (χ2v) is 3.71. The van der Waals surface area contributed by atoms with Gasteiger partial charge >= 0.3 is 0 Å². The number of carbonyl (C=O) groups is 1. The summed E-state index contributed by atoms with van der Waals surface area (Å²) >= 11 is 5.86. The first-order valence-corrected chi connectivity index (χ1v) is 5.26. The summed E-state index contributed by atoms with van der Waals surface area (Å²) in [6.07, 6.45) is 1.52. The van der Waals surface area contributed by atoms with Gasteiger partial charge in [0.15, 0.2) is 5.82 Å². The van der Waals surface area contributed by atoms with Crippen LogP contribution in [-0.4, -0.2) is 16.0 Å². The number of nitrogens with zero attached hydrogens (tertiary/aromatic N) is 1. The molecular weight excluding hydrogens is 240 g/mol. The number of amides is 1. The Kier molecular flexibility index (Phi) is 3.25. The smallest absolute Gasteiger partial charge is 0.260 e. The van der Waals surface area contributed by atoms with Gasteiger partial charge in [0.1, 0.15) is 5.75 Å². The fourth-order valence-corrected chi connectivity index (χ4v) is 1.49. The molecule has 1 heterocycles. The molecule has 0 bridgehead atoms. The van der Waals surface area contributed by atoms with Crippen molar-refractivity contribution in [3.63, 3.8) is 0 Å². The number of halogens is 1. The average Bonchev–Trinajstić information content (AvgIpc) is 2.32. The normalized spacial score (nSPS) is 9.94. The molecule has 5 heteroatoms. The Morgan fingerprint density at radius 2 is 2.00 bits per heavy atom. The monoisotopic (exact) mass is 248 g/mol. The molecule has 0 spiro atoms. The Bertz CT molecular complexity index is 558. The molecule has 0 fully saturated rings. The molecule has 17 heavy (non-hydrogen) atoms. The number of anilines is 1. The zero-order valence-corrected chi connectivity index (χ0v) is 9.48. The predicted octanol–water partition coefficient (Wildman–Crippen LogP) is 2.69. The van der Waals surface area contributed by atoms with Crippen molar-refractivity contribution in [3.8, 4) is 5.75 Å². The largest absolute Gasteiger partial charge is 0.507 e. The first-order valence-electron chi connectivity index (χ1n) is 4.88. The van der Waals surface area contributed by atoms with Crippen LogP contribution in [0.5, 0.6) is 5.75 Å². The van der Waals surface area contributed by atoms with E-state index in [1.54, 1.807) is 24.3 Å². The molecule has 2 aromatic rings. The van der Waals surface area contributed by atoms with Gasteiger partial charge < -0.3 is 10.4 Å². The maximum Gasteiger partial charge on any atom is 0.260 e. The molecule has 2 N–H and O–H groups in total. The SMILES string of the molecule is O=C(Nc1ncccc1Cl)c1ccccc1O. The van der Waals surface area contributed by atoms with Crippen LogP contribution in [0.3, 0.4) is 0 Å². The molecule has 0 saturated heterocycles. The number of para-hydroxylation sites is 1. The lowest BCUT2D eigenvalue weighted by Gasteiger charge is -2.06. The number of phenols is 1. The predicted molar refractivity (Wildman–Crippen MR) is 65.3 cm³/mol. The number of rotatable bonds is 2. The number of hydrogen-bond donors (Lipinski definition) is 2. The van der Waals surface area contributed by atoms with E-state index >= 15 is 0 Å². The zero-order valence-electron chi connectivity index (χ0n) is 8.72. The van der Waals surface area contributed by atoms with E-state index in [0.717, 1.165) is 0 Å². The topological polar surface area (TPSA) is 62.2 Å². The highest BCUT2D eigenvalue weighted by Gasteiger charge is 2.12. The van der Waals surface area contributed by atoms with E-state index in [1.165, 1.54) is 18.3 Å². The summed E-state index contributed by atoms with van der Waals surface area (Å²) in [5, 5.41) is 12.4. The van der Waals surface area contributed by atoms with Crippen molar-refractivity contribution in [2.75, 3.05) is 5.32 Å². The molecule has 2 rings (SSSR count). The van der Waals surface area contributed by atoms with E-state index < -0.39 is 5.91 Å². The van der Waals surface area contributed by atoms with E-state index in [-0.39, 0.29) is 17.1 Å². The van der Waals surface area contributed by atoms with Gasteiger partial charge in [-0.3, -0.25) is 4.79 Å². The van der Waals surface area contributed by atoms with Gasteiger partial charge in [-0.2, -0.15) is 0 Å². The first kappa shape index (κ1) is 11.4. The number of aromatic nitrogens is 1. The summed E-state index contributed by atoms with van der Waals surface area (Å²) < 4.78 is 0. The van der Waals surface area contributed by atoms with Gasteiger partial charge in [0.05, 0.1) is 10.6 Å². The molecular formula is C12H9ClN2O2. The molecule has 0 unspecified atom stereocenters. The Balaban J connectivity index is 2.24. The Morgan fingerprint density at radius 3 is 2.71 bits per heavy atom. The van der Waals surface area contributed by atoms with Crippen molar-refractivity contribution >= 4 is 23.3 Å². The maximum atomic E-state index is 11.8. The van der Waals surface area contributed by atoms with Gasteiger partial charge in [0.2, 0.25) is 0 Å². The van der Waals surface area contributed by atoms with E-state index in [4.69, 9.17) is 11.6 Å². The van der Waals surface area contributed by atoms with Crippen molar-refractivity contribution in [1.82, 2.24) is 4.98 Å². The minimum absolute atomic E-state index is 0.0861. The van der Waals surface area contributed by atoms with Gasteiger partial charge in [0.25, 0.3) is 5.91 Å². The molecule has 86 valence electrons. The average molecular weight is 249 g/mol.